The highest BCUT2D eigenvalue weighted by atomic mass is 16.6. The van der Waals surface area contributed by atoms with Crippen LogP contribution in [-0.2, 0) is 30.4 Å². The van der Waals surface area contributed by atoms with E-state index in [4.69, 9.17) is 14.6 Å². The first-order valence-corrected chi connectivity index (χ1v) is 12.0. The normalized spacial score (nSPS) is 32.2. The number of ether oxygens (including phenoxy) is 2. The van der Waals surface area contributed by atoms with Gasteiger partial charge in [-0.25, -0.2) is 0 Å². The van der Waals surface area contributed by atoms with Gasteiger partial charge in [0.1, 0.15) is 17.6 Å². The van der Waals surface area contributed by atoms with Gasteiger partial charge >= 0.3 is 5.97 Å². The third-order valence-electron chi connectivity index (χ3n) is 7.43. The Kier molecular flexibility index (Phi) is 6.77. The maximum atomic E-state index is 13.7. The highest BCUT2D eigenvalue weighted by molar-refractivity contribution is 5.98. The summed E-state index contributed by atoms with van der Waals surface area (Å²) >= 11 is 0. The van der Waals surface area contributed by atoms with Gasteiger partial charge in [0.25, 0.3) is 0 Å². The molecule has 33 heavy (non-hydrogen) atoms. The van der Waals surface area contributed by atoms with E-state index in [1.165, 1.54) is 0 Å². The van der Waals surface area contributed by atoms with Crippen molar-refractivity contribution < 1.29 is 29.0 Å². The Labute approximate surface area is 194 Å². The zero-order valence-corrected chi connectivity index (χ0v) is 19.4. The Morgan fingerprint density at radius 3 is 2.67 bits per heavy atom. The molecule has 0 aromatic heterocycles. The second-order valence-electron chi connectivity index (χ2n) is 9.50. The number of amides is 2. The van der Waals surface area contributed by atoms with Gasteiger partial charge in [-0.2, -0.15) is 0 Å². The van der Waals surface area contributed by atoms with Crippen molar-refractivity contribution in [1.29, 1.82) is 0 Å². The fraction of sp³-hybridized carbons (Fsp3) is 0.640. The predicted molar refractivity (Wildman–Crippen MR) is 120 cm³/mol. The third-order valence-corrected chi connectivity index (χ3v) is 7.43. The molecule has 3 saturated heterocycles. The highest BCUT2D eigenvalue weighted by Gasteiger charge is 2.78. The van der Waals surface area contributed by atoms with Crippen LogP contribution in [0, 0.1) is 11.8 Å². The maximum absolute atomic E-state index is 13.7. The van der Waals surface area contributed by atoms with Crippen molar-refractivity contribution in [2.24, 2.45) is 11.8 Å². The first-order chi connectivity index (χ1) is 15.9. The van der Waals surface area contributed by atoms with Gasteiger partial charge < -0.3 is 24.8 Å². The summed E-state index contributed by atoms with van der Waals surface area (Å²) in [6, 6.07) is 8.81. The highest BCUT2D eigenvalue weighted by Crippen LogP contribution is 2.63. The van der Waals surface area contributed by atoms with E-state index in [1.54, 1.807) is 11.8 Å². The number of fused-ring (bicyclic) bond motifs is 1. The molecule has 3 fully saturated rings. The lowest BCUT2D eigenvalue weighted by atomic mass is 9.66. The van der Waals surface area contributed by atoms with E-state index in [9.17, 15) is 14.4 Å². The average molecular weight is 459 g/mol. The fourth-order valence-electron chi connectivity index (χ4n) is 6.01. The zero-order valence-electron chi connectivity index (χ0n) is 19.4. The van der Waals surface area contributed by atoms with Crippen molar-refractivity contribution in [3.8, 4) is 0 Å². The largest absolute Gasteiger partial charge is 0.466 e. The number of carbonyl (C=O) groups is 3. The minimum Gasteiger partial charge on any atom is -0.466 e. The molecule has 1 aromatic rings. The molecule has 8 nitrogen and oxygen atoms in total. The number of carbonyl (C=O) groups excluding carboxylic acids is 3. The number of likely N-dealkylation sites (tertiary alicyclic amines) is 1. The first-order valence-electron chi connectivity index (χ1n) is 12.0. The number of unbranched alkanes of at least 4 members (excludes halogenated alkanes) is 2. The Bertz CT molecular complexity index is 892. The standard InChI is InChI=1S/C25H34N2O6/c1-3-32-23(31)19-18-22(30)27(14-8-5-9-15-28)20(25(18)13-12-24(19,2)33-25)21(29)26-16-17-10-6-4-7-11-17/h4,6-7,10-11,18-20,28H,3,5,8-9,12-16H2,1-2H3,(H,26,29)/t18-,19-,20?,24+,25?/m0/s1. The molecular formula is C25H34N2O6. The molecule has 5 atom stereocenters. The first kappa shape index (κ1) is 23.7. The molecular weight excluding hydrogens is 424 g/mol. The lowest BCUT2D eigenvalue weighted by molar-refractivity contribution is -0.159. The van der Waals surface area contributed by atoms with E-state index in [1.807, 2.05) is 37.3 Å². The number of hydrogen-bond donors (Lipinski definition) is 2. The molecule has 180 valence electrons. The number of benzene rings is 1. The SMILES string of the molecule is CCOC(=O)[C@@H]1[C@H]2C(=O)N(CCCCCO)C(C(=O)NCc3ccccc3)C23CC[C@@]1(C)O3. The fourth-order valence-corrected chi connectivity index (χ4v) is 6.01. The van der Waals surface area contributed by atoms with Gasteiger partial charge in [-0.3, -0.25) is 14.4 Å². The van der Waals surface area contributed by atoms with Gasteiger partial charge in [0.05, 0.1) is 18.1 Å². The molecule has 8 heteroatoms. The van der Waals surface area contributed by atoms with E-state index in [0.717, 1.165) is 12.0 Å². The molecule has 1 aromatic carbocycles. The average Bonchev–Trinajstić information content (AvgIpc) is 3.37. The summed E-state index contributed by atoms with van der Waals surface area (Å²) in [4.78, 5) is 41.8. The Hall–Kier alpha value is -2.45. The van der Waals surface area contributed by atoms with Gasteiger partial charge in [0.2, 0.25) is 11.8 Å². The Morgan fingerprint density at radius 1 is 1.21 bits per heavy atom. The van der Waals surface area contributed by atoms with Crippen molar-refractivity contribution in [2.45, 2.75) is 69.7 Å². The van der Waals surface area contributed by atoms with E-state index in [-0.39, 0.29) is 25.0 Å². The molecule has 2 amide bonds. The maximum Gasteiger partial charge on any atom is 0.312 e. The molecule has 4 rings (SSSR count). The van der Waals surface area contributed by atoms with E-state index in [0.29, 0.717) is 38.8 Å². The van der Waals surface area contributed by atoms with Crippen molar-refractivity contribution in [2.75, 3.05) is 19.8 Å². The Balaban J connectivity index is 1.62. The lowest BCUT2D eigenvalue weighted by Crippen LogP contribution is -2.55. The van der Waals surface area contributed by atoms with E-state index >= 15 is 0 Å². The molecule has 0 saturated carbocycles. The van der Waals surface area contributed by atoms with Gasteiger partial charge in [0.15, 0.2) is 0 Å². The summed E-state index contributed by atoms with van der Waals surface area (Å²) in [5.74, 6) is -2.33. The van der Waals surface area contributed by atoms with Crippen LogP contribution < -0.4 is 5.32 Å². The van der Waals surface area contributed by atoms with Crippen LogP contribution in [0.15, 0.2) is 30.3 Å². The van der Waals surface area contributed by atoms with Crippen LogP contribution in [0.1, 0.15) is 51.5 Å². The third kappa shape index (κ3) is 4.04. The van der Waals surface area contributed by atoms with Crippen LogP contribution >= 0.6 is 0 Å². The summed E-state index contributed by atoms with van der Waals surface area (Å²) in [5.41, 5.74) is -0.874. The van der Waals surface area contributed by atoms with Crippen LogP contribution in [0.5, 0.6) is 0 Å². The molecule has 3 aliphatic heterocycles. The van der Waals surface area contributed by atoms with Gasteiger partial charge in [-0.1, -0.05) is 30.3 Å². The van der Waals surface area contributed by atoms with Crippen molar-refractivity contribution in [3.05, 3.63) is 35.9 Å². The lowest BCUT2D eigenvalue weighted by Gasteiger charge is -2.33. The zero-order chi connectivity index (χ0) is 23.6. The van der Waals surface area contributed by atoms with Gasteiger partial charge in [-0.05, 0) is 51.5 Å². The number of aliphatic hydroxyl groups is 1. The van der Waals surface area contributed by atoms with Crippen LogP contribution in [0.3, 0.4) is 0 Å². The minimum absolute atomic E-state index is 0.0912. The second kappa shape index (κ2) is 9.43. The number of esters is 1. The van der Waals surface area contributed by atoms with E-state index < -0.39 is 35.0 Å². The number of rotatable bonds is 10. The quantitative estimate of drug-likeness (QED) is 0.409. The van der Waals surface area contributed by atoms with Crippen LogP contribution in [-0.4, -0.2) is 64.8 Å². The summed E-state index contributed by atoms with van der Waals surface area (Å²) < 4.78 is 11.8. The summed E-state index contributed by atoms with van der Waals surface area (Å²) in [6.07, 6.45) is 3.20. The molecule has 0 radical (unpaired) electrons. The smallest absolute Gasteiger partial charge is 0.312 e. The second-order valence-corrected chi connectivity index (χ2v) is 9.50. The molecule has 0 aliphatic carbocycles. The number of hydrogen-bond acceptors (Lipinski definition) is 6. The van der Waals surface area contributed by atoms with Crippen molar-refractivity contribution in [1.82, 2.24) is 10.2 Å². The minimum atomic E-state index is -1.03. The monoisotopic (exact) mass is 458 g/mol. The molecule has 3 heterocycles. The van der Waals surface area contributed by atoms with Gasteiger partial charge in [-0.15, -0.1) is 0 Å². The molecule has 1 spiro atoms. The number of nitrogens with one attached hydrogen (secondary N) is 1. The molecule has 2 unspecified atom stereocenters. The van der Waals surface area contributed by atoms with Crippen LogP contribution in [0.4, 0.5) is 0 Å². The van der Waals surface area contributed by atoms with Crippen LogP contribution in [0.25, 0.3) is 0 Å². The van der Waals surface area contributed by atoms with Crippen molar-refractivity contribution in [3.63, 3.8) is 0 Å². The predicted octanol–water partition coefficient (Wildman–Crippen LogP) is 1.79. The summed E-state index contributed by atoms with van der Waals surface area (Å²) in [5, 5.41) is 12.1. The number of aliphatic hydroxyl groups excluding tert-OH is 1. The van der Waals surface area contributed by atoms with Crippen LogP contribution in [0.2, 0.25) is 0 Å². The molecule has 3 aliphatic rings. The van der Waals surface area contributed by atoms with Gasteiger partial charge in [0, 0.05) is 19.7 Å². The summed E-state index contributed by atoms with van der Waals surface area (Å²) in [6.45, 7) is 4.66. The topological polar surface area (TPSA) is 105 Å². The summed E-state index contributed by atoms with van der Waals surface area (Å²) in [7, 11) is 0. The molecule has 2 bridgehead atoms. The Morgan fingerprint density at radius 2 is 1.97 bits per heavy atom. The molecule has 2 N–H and O–H groups in total. The number of nitrogens with zero attached hydrogens (tertiary/aromatic N) is 1. The van der Waals surface area contributed by atoms with E-state index in [2.05, 4.69) is 5.32 Å². The van der Waals surface area contributed by atoms with Crippen molar-refractivity contribution >= 4 is 17.8 Å².